The van der Waals surface area contributed by atoms with Crippen LogP contribution in [0.4, 0.5) is 5.00 Å². The lowest BCUT2D eigenvalue weighted by molar-refractivity contribution is 0.890. The van der Waals surface area contributed by atoms with Crippen LogP contribution in [0.3, 0.4) is 0 Å². The minimum atomic E-state index is 0.275. The van der Waals surface area contributed by atoms with Crippen molar-refractivity contribution in [1.29, 1.82) is 5.26 Å². The molecule has 0 atom stereocenters. The zero-order valence-corrected chi connectivity index (χ0v) is 12.4. The van der Waals surface area contributed by atoms with Crippen LogP contribution in [0, 0.1) is 11.3 Å². The fraction of sp³-hybridized carbons (Fsp3) is 0.364. The monoisotopic (exact) mass is 298 g/mol. The van der Waals surface area contributed by atoms with Gasteiger partial charge in [0.05, 0.1) is 17.2 Å². The van der Waals surface area contributed by atoms with E-state index in [0.717, 1.165) is 22.1 Å². The Bertz CT molecular complexity index is 584. The zero-order valence-electron chi connectivity index (χ0n) is 9.97. The standard InChI is InChI=1S/C11H11ClN4S2/c1-3-9-14-7(6-17-9)5-16(2)11-8(4-13)10(12)15-18-11/h6H,3,5H2,1-2H3. The van der Waals surface area contributed by atoms with Crippen LogP contribution in [0.5, 0.6) is 0 Å². The first-order valence-electron chi connectivity index (χ1n) is 5.35. The Kier molecular flexibility index (Phi) is 4.17. The van der Waals surface area contributed by atoms with E-state index in [1.807, 2.05) is 17.3 Å². The first-order chi connectivity index (χ1) is 8.65. The highest BCUT2D eigenvalue weighted by atomic mass is 35.5. The Labute approximate surface area is 119 Å². The van der Waals surface area contributed by atoms with Gasteiger partial charge in [-0.1, -0.05) is 18.5 Å². The third-order valence-electron chi connectivity index (χ3n) is 2.39. The van der Waals surface area contributed by atoms with Crippen LogP contribution in [-0.2, 0) is 13.0 Å². The summed E-state index contributed by atoms with van der Waals surface area (Å²) >= 11 is 8.75. The molecule has 2 rings (SSSR count). The fourth-order valence-corrected chi connectivity index (χ4v) is 3.24. The zero-order chi connectivity index (χ0) is 13.1. The highest BCUT2D eigenvalue weighted by Crippen LogP contribution is 2.31. The second-order valence-corrected chi connectivity index (χ2v) is 5.76. The van der Waals surface area contributed by atoms with Crippen LogP contribution >= 0.6 is 34.5 Å². The van der Waals surface area contributed by atoms with Gasteiger partial charge in [0.25, 0.3) is 0 Å². The quantitative estimate of drug-likeness (QED) is 0.869. The van der Waals surface area contributed by atoms with Gasteiger partial charge < -0.3 is 4.90 Å². The summed E-state index contributed by atoms with van der Waals surface area (Å²) in [5.41, 5.74) is 1.45. The van der Waals surface area contributed by atoms with E-state index in [9.17, 15) is 0 Å². The molecule has 0 aromatic carbocycles. The van der Waals surface area contributed by atoms with Gasteiger partial charge in [0, 0.05) is 12.4 Å². The highest BCUT2D eigenvalue weighted by Gasteiger charge is 2.16. The van der Waals surface area contributed by atoms with Crippen molar-refractivity contribution >= 4 is 39.5 Å². The Morgan fingerprint density at radius 1 is 1.56 bits per heavy atom. The molecule has 0 aliphatic heterocycles. The third-order valence-corrected chi connectivity index (χ3v) is 4.77. The minimum Gasteiger partial charge on any atom is -0.358 e. The summed E-state index contributed by atoms with van der Waals surface area (Å²) in [6.07, 6.45) is 0.949. The maximum atomic E-state index is 9.04. The van der Waals surface area contributed by atoms with E-state index in [-0.39, 0.29) is 5.15 Å². The number of nitrogens with zero attached hydrogens (tertiary/aromatic N) is 4. The predicted molar refractivity (Wildman–Crippen MR) is 75.4 cm³/mol. The van der Waals surface area contributed by atoms with Gasteiger partial charge in [0.2, 0.25) is 0 Å². The molecule has 0 N–H and O–H groups in total. The molecular weight excluding hydrogens is 288 g/mol. The van der Waals surface area contributed by atoms with Gasteiger partial charge in [0.1, 0.15) is 16.6 Å². The third kappa shape index (κ3) is 2.64. The van der Waals surface area contributed by atoms with Gasteiger partial charge in [-0.15, -0.1) is 11.3 Å². The first-order valence-corrected chi connectivity index (χ1v) is 7.38. The van der Waals surface area contributed by atoms with Crippen molar-refractivity contribution in [3.8, 4) is 6.07 Å². The van der Waals surface area contributed by atoms with E-state index in [2.05, 4.69) is 22.4 Å². The number of aryl methyl sites for hydroxylation is 1. The molecule has 0 aliphatic rings. The van der Waals surface area contributed by atoms with Crippen LogP contribution in [0.15, 0.2) is 5.38 Å². The molecule has 0 amide bonds. The Morgan fingerprint density at radius 3 is 2.94 bits per heavy atom. The Balaban J connectivity index is 2.16. The molecule has 0 saturated heterocycles. The summed E-state index contributed by atoms with van der Waals surface area (Å²) in [7, 11) is 1.91. The normalized spacial score (nSPS) is 10.3. The smallest absolute Gasteiger partial charge is 0.162 e. The molecule has 2 aromatic rings. The molecule has 7 heteroatoms. The summed E-state index contributed by atoms with van der Waals surface area (Å²) in [6, 6.07) is 2.08. The number of hydrogen-bond acceptors (Lipinski definition) is 6. The summed E-state index contributed by atoms with van der Waals surface area (Å²) in [5.74, 6) is 0. The van der Waals surface area contributed by atoms with Crippen molar-refractivity contribution < 1.29 is 0 Å². The molecule has 2 heterocycles. The van der Waals surface area contributed by atoms with Crippen LogP contribution in [-0.4, -0.2) is 16.4 Å². The van der Waals surface area contributed by atoms with E-state index in [1.165, 1.54) is 11.5 Å². The molecule has 0 unspecified atom stereocenters. The summed E-state index contributed by atoms with van der Waals surface area (Å²) in [4.78, 5) is 6.46. The molecule has 0 saturated carbocycles. The Hall–Kier alpha value is -1.16. The molecule has 94 valence electrons. The topological polar surface area (TPSA) is 52.8 Å². The maximum absolute atomic E-state index is 9.04. The van der Waals surface area contributed by atoms with E-state index < -0.39 is 0 Å². The van der Waals surface area contributed by atoms with E-state index in [4.69, 9.17) is 16.9 Å². The van der Waals surface area contributed by atoms with Crippen molar-refractivity contribution in [2.24, 2.45) is 0 Å². The predicted octanol–water partition coefficient (Wildman–Crippen LogP) is 3.32. The van der Waals surface area contributed by atoms with Crippen LogP contribution in [0.2, 0.25) is 5.15 Å². The second kappa shape index (κ2) is 5.65. The highest BCUT2D eigenvalue weighted by molar-refractivity contribution is 7.11. The first kappa shape index (κ1) is 13.3. The van der Waals surface area contributed by atoms with Gasteiger partial charge >= 0.3 is 0 Å². The average Bonchev–Trinajstić information content (AvgIpc) is 2.95. The van der Waals surface area contributed by atoms with Crippen LogP contribution in [0.1, 0.15) is 23.2 Å². The van der Waals surface area contributed by atoms with Crippen molar-refractivity contribution in [3.05, 3.63) is 26.8 Å². The number of anilines is 1. The van der Waals surface area contributed by atoms with Crippen molar-refractivity contribution in [1.82, 2.24) is 9.36 Å². The molecule has 0 bridgehead atoms. The van der Waals surface area contributed by atoms with Crippen molar-refractivity contribution in [3.63, 3.8) is 0 Å². The lowest BCUT2D eigenvalue weighted by Crippen LogP contribution is -2.16. The number of nitriles is 1. The lowest BCUT2D eigenvalue weighted by Gasteiger charge is -2.15. The molecule has 0 fully saturated rings. The number of thiazole rings is 1. The van der Waals surface area contributed by atoms with E-state index in [0.29, 0.717) is 12.1 Å². The van der Waals surface area contributed by atoms with Gasteiger partial charge in [-0.3, -0.25) is 0 Å². The molecule has 2 aromatic heterocycles. The van der Waals surface area contributed by atoms with E-state index in [1.54, 1.807) is 11.3 Å². The van der Waals surface area contributed by atoms with E-state index >= 15 is 0 Å². The molecule has 0 aliphatic carbocycles. The number of hydrogen-bond donors (Lipinski definition) is 0. The maximum Gasteiger partial charge on any atom is 0.162 e. The molecule has 18 heavy (non-hydrogen) atoms. The average molecular weight is 299 g/mol. The van der Waals surface area contributed by atoms with Gasteiger partial charge in [0.15, 0.2) is 5.15 Å². The number of rotatable bonds is 4. The number of aromatic nitrogens is 2. The van der Waals surface area contributed by atoms with Crippen LogP contribution in [0.25, 0.3) is 0 Å². The van der Waals surface area contributed by atoms with Gasteiger partial charge in [-0.05, 0) is 18.0 Å². The fourth-order valence-electron chi connectivity index (χ4n) is 1.52. The van der Waals surface area contributed by atoms with Gasteiger partial charge in [-0.25, -0.2) is 4.98 Å². The minimum absolute atomic E-state index is 0.275. The largest absolute Gasteiger partial charge is 0.358 e. The summed E-state index contributed by atoms with van der Waals surface area (Å²) in [6.45, 7) is 2.74. The van der Waals surface area contributed by atoms with Crippen molar-refractivity contribution in [2.45, 2.75) is 19.9 Å². The lowest BCUT2D eigenvalue weighted by atomic mass is 10.3. The summed E-state index contributed by atoms with van der Waals surface area (Å²) < 4.78 is 4.00. The van der Waals surface area contributed by atoms with Gasteiger partial charge in [-0.2, -0.15) is 9.64 Å². The van der Waals surface area contributed by atoms with Crippen molar-refractivity contribution in [2.75, 3.05) is 11.9 Å². The second-order valence-electron chi connectivity index (χ2n) is 3.71. The summed E-state index contributed by atoms with van der Waals surface area (Å²) in [5, 5.41) is 13.3. The Morgan fingerprint density at radius 2 is 2.33 bits per heavy atom. The SMILES string of the molecule is CCc1nc(CN(C)c2snc(Cl)c2C#N)cs1. The number of halogens is 1. The molecule has 0 spiro atoms. The molecule has 0 radical (unpaired) electrons. The molecule has 4 nitrogen and oxygen atoms in total. The molecular formula is C11H11ClN4S2. The van der Waals surface area contributed by atoms with Crippen LogP contribution < -0.4 is 4.90 Å².